The minimum absolute atomic E-state index is 0.265. The maximum Gasteiger partial charge on any atom is 0.259 e. The molecular formula is C13H16BrN3O. The lowest BCUT2D eigenvalue weighted by Gasteiger charge is -2.28. The number of ether oxygens (including phenoxy) is 1. The molecule has 1 aliphatic carbocycles. The summed E-state index contributed by atoms with van der Waals surface area (Å²) >= 11 is 3.41. The molecule has 1 aliphatic rings. The Hall–Kier alpha value is -1.10. The first kappa shape index (κ1) is 12.0. The Labute approximate surface area is 115 Å². The Morgan fingerprint density at radius 3 is 3.06 bits per heavy atom. The van der Waals surface area contributed by atoms with Crippen LogP contribution in [-0.4, -0.2) is 20.5 Å². The highest BCUT2D eigenvalue weighted by atomic mass is 79.9. The quantitative estimate of drug-likeness (QED) is 0.853. The van der Waals surface area contributed by atoms with Crippen LogP contribution < -0.4 is 4.74 Å². The van der Waals surface area contributed by atoms with Gasteiger partial charge in [0.25, 0.3) is 5.88 Å². The average Bonchev–Trinajstić information content (AvgIpc) is 2.80. The van der Waals surface area contributed by atoms with Gasteiger partial charge in [-0.1, -0.05) is 13.3 Å². The molecule has 1 saturated carbocycles. The van der Waals surface area contributed by atoms with Crippen LogP contribution in [0.3, 0.4) is 0 Å². The van der Waals surface area contributed by atoms with Crippen molar-refractivity contribution in [2.45, 2.75) is 38.7 Å². The van der Waals surface area contributed by atoms with Crippen LogP contribution in [0.1, 0.15) is 32.6 Å². The second-order valence-electron chi connectivity index (χ2n) is 4.94. The summed E-state index contributed by atoms with van der Waals surface area (Å²) in [5, 5.41) is 0. The van der Waals surface area contributed by atoms with E-state index >= 15 is 0 Å². The first-order chi connectivity index (χ1) is 8.74. The van der Waals surface area contributed by atoms with E-state index in [0.717, 1.165) is 16.7 Å². The van der Waals surface area contributed by atoms with Crippen molar-refractivity contribution >= 4 is 21.6 Å². The van der Waals surface area contributed by atoms with Gasteiger partial charge in [-0.3, -0.25) is 4.40 Å². The van der Waals surface area contributed by atoms with Crippen LogP contribution in [0.2, 0.25) is 0 Å². The summed E-state index contributed by atoms with van der Waals surface area (Å²) in [5.41, 5.74) is 0.788. The zero-order chi connectivity index (χ0) is 12.5. The van der Waals surface area contributed by atoms with Crippen molar-refractivity contribution in [2.24, 2.45) is 5.92 Å². The minimum atomic E-state index is 0.265. The topological polar surface area (TPSA) is 39.4 Å². The molecule has 1 fully saturated rings. The van der Waals surface area contributed by atoms with E-state index in [1.807, 2.05) is 16.8 Å². The third kappa shape index (κ3) is 2.23. The van der Waals surface area contributed by atoms with E-state index in [9.17, 15) is 0 Å². The molecule has 2 aromatic rings. The highest BCUT2D eigenvalue weighted by Crippen LogP contribution is 2.29. The molecule has 2 atom stereocenters. The lowest BCUT2D eigenvalue weighted by molar-refractivity contribution is 0.0985. The highest BCUT2D eigenvalue weighted by Gasteiger charge is 2.24. The highest BCUT2D eigenvalue weighted by molar-refractivity contribution is 9.10. The van der Waals surface area contributed by atoms with Crippen molar-refractivity contribution < 1.29 is 4.74 Å². The van der Waals surface area contributed by atoms with Crippen molar-refractivity contribution in [3.63, 3.8) is 0 Å². The van der Waals surface area contributed by atoms with Crippen LogP contribution in [0.15, 0.2) is 23.2 Å². The SMILES string of the molecule is CC1CCCCC1Oc1nc(Br)cn2ccnc12. The molecule has 0 saturated heterocycles. The Kier molecular flexibility index (Phi) is 3.24. The molecular weight excluding hydrogens is 294 g/mol. The van der Waals surface area contributed by atoms with Gasteiger partial charge in [0.05, 0.1) is 0 Å². The molecule has 0 spiro atoms. The number of rotatable bonds is 2. The van der Waals surface area contributed by atoms with Crippen molar-refractivity contribution in [3.05, 3.63) is 23.2 Å². The monoisotopic (exact) mass is 309 g/mol. The number of halogens is 1. The molecule has 2 heterocycles. The summed E-state index contributed by atoms with van der Waals surface area (Å²) < 4.78 is 8.80. The summed E-state index contributed by atoms with van der Waals surface area (Å²) in [6.07, 6.45) is 10.7. The first-order valence-electron chi connectivity index (χ1n) is 6.40. The third-order valence-electron chi connectivity index (χ3n) is 3.61. The summed E-state index contributed by atoms with van der Waals surface area (Å²) in [5.74, 6) is 1.22. The molecule has 96 valence electrons. The molecule has 0 amide bonds. The van der Waals surface area contributed by atoms with Crippen molar-refractivity contribution in [1.82, 2.24) is 14.4 Å². The third-order valence-corrected chi connectivity index (χ3v) is 3.99. The van der Waals surface area contributed by atoms with Gasteiger partial charge in [-0.25, -0.2) is 9.97 Å². The van der Waals surface area contributed by atoms with Gasteiger partial charge in [-0.2, -0.15) is 0 Å². The lowest BCUT2D eigenvalue weighted by Crippen LogP contribution is -2.28. The molecule has 4 nitrogen and oxygen atoms in total. The zero-order valence-electron chi connectivity index (χ0n) is 10.3. The van der Waals surface area contributed by atoms with E-state index < -0.39 is 0 Å². The number of hydrogen-bond acceptors (Lipinski definition) is 3. The van der Waals surface area contributed by atoms with E-state index in [1.165, 1.54) is 19.3 Å². The molecule has 0 N–H and O–H groups in total. The molecule has 0 bridgehead atoms. The van der Waals surface area contributed by atoms with Crippen LogP contribution >= 0.6 is 15.9 Å². The number of fused-ring (bicyclic) bond motifs is 1. The lowest BCUT2D eigenvalue weighted by atomic mass is 9.88. The maximum atomic E-state index is 6.10. The number of nitrogens with zero attached hydrogens (tertiary/aromatic N) is 3. The predicted octanol–water partition coefficient (Wildman–Crippen LogP) is 3.45. The molecule has 18 heavy (non-hydrogen) atoms. The minimum Gasteiger partial charge on any atom is -0.471 e. The van der Waals surface area contributed by atoms with E-state index in [4.69, 9.17) is 4.74 Å². The molecule has 5 heteroatoms. The van der Waals surface area contributed by atoms with Gasteiger partial charge in [0.2, 0.25) is 5.65 Å². The summed E-state index contributed by atoms with van der Waals surface area (Å²) in [4.78, 5) is 8.72. The van der Waals surface area contributed by atoms with Crippen LogP contribution in [-0.2, 0) is 0 Å². The second-order valence-corrected chi connectivity index (χ2v) is 5.76. The van der Waals surface area contributed by atoms with Crippen LogP contribution in [0, 0.1) is 5.92 Å². The summed E-state index contributed by atoms with van der Waals surface area (Å²) in [6, 6.07) is 0. The summed E-state index contributed by atoms with van der Waals surface area (Å²) in [7, 11) is 0. The molecule has 0 aromatic carbocycles. The van der Waals surface area contributed by atoms with E-state index in [-0.39, 0.29) is 6.10 Å². The van der Waals surface area contributed by atoms with Gasteiger partial charge in [-0.15, -0.1) is 0 Å². The van der Waals surface area contributed by atoms with Crippen molar-refractivity contribution in [1.29, 1.82) is 0 Å². The van der Waals surface area contributed by atoms with Gasteiger partial charge in [0.1, 0.15) is 10.7 Å². The van der Waals surface area contributed by atoms with Gasteiger partial charge in [0, 0.05) is 18.6 Å². The van der Waals surface area contributed by atoms with E-state index in [2.05, 4.69) is 32.8 Å². The number of imidazole rings is 1. The Bertz CT molecular complexity index is 554. The molecule has 2 aromatic heterocycles. The van der Waals surface area contributed by atoms with E-state index in [0.29, 0.717) is 11.8 Å². The summed E-state index contributed by atoms with van der Waals surface area (Å²) in [6.45, 7) is 2.25. The van der Waals surface area contributed by atoms with Crippen molar-refractivity contribution in [3.8, 4) is 5.88 Å². The Balaban J connectivity index is 1.91. The fourth-order valence-electron chi connectivity index (χ4n) is 2.55. The number of hydrogen-bond donors (Lipinski definition) is 0. The Morgan fingerprint density at radius 2 is 2.22 bits per heavy atom. The second kappa shape index (κ2) is 4.88. The number of aromatic nitrogens is 3. The normalized spacial score (nSPS) is 24.3. The van der Waals surface area contributed by atoms with Gasteiger partial charge in [0.15, 0.2) is 0 Å². The van der Waals surface area contributed by atoms with Crippen LogP contribution in [0.4, 0.5) is 0 Å². The van der Waals surface area contributed by atoms with Crippen molar-refractivity contribution in [2.75, 3.05) is 0 Å². The van der Waals surface area contributed by atoms with E-state index in [1.54, 1.807) is 6.20 Å². The fraction of sp³-hybridized carbons (Fsp3) is 0.538. The largest absolute Gasteiger partial charge is 0.471 e. The molecule has 0 radical (unpaired) electrons. The van der Waals surface area contributed by atoms with Crippen LogP contribution in [0.5, 0.6) is 5.88 Å². The zero-order valence-corrected chi connectivity index (χ0v) is 11.9. The smallest absolute Gasteiger partial charge is 0.259 e. The predicted molar refractivity (Wildman–Crippen MR) is 72.7 cm³/mol. The standard InChI is InChI=1S/C13H16BrN3O/c1-9-4-2-3-5-10(9)18-13-12-15-6-7-17(12)8-11(14)16-13/h6-10H,2-5H2,1H3. The van der Waals surface area contributed by atoms with Gasteiger partial charge >= 0.3 is 0 Å². The maximum absolute atomic E-state index is 6.10. The van der Waals surface area contributed by atoms with Gasteiger partial charge in [-0.05, 0) is 41.1 Å². The average molecular weight is 310 g/mol. The first-order valence-corrected chi connectivity index (χ1v) is 7.19. The fourth-order valence-corrected chi connectivity index (χ4v) is 2.93. The van der Waals surface area contributed by atoms with Crippen LogP contribution in [0.25, 0.3) is 5.65 Å². The molecule has 3 rings (SSSR count). The molecule has 2 unspecified atom stereocenters. The Morgan fingerprint density at radius 1 is 1.39 bits per heavy atom. The molecule has 0 aliphatic heterocycles. The van der Waals surface area contributed by atoms with Gasteiger partial charge < -0.3 is 4.74 Å².